The van der Waals surface area contributed by atoms with Crippen molar-refractivity contribution in [1.82, 2.24) is 0 Å². The number of hydrogen-bond acceptors (Lipinski definition) is 3. The van der Waals surface area contributed by atoms with Crippen LogP contribution in [-0.4, -0.2) is 30.2 Å². The fourth-order valence-corrected chi connectivity index (χ4v) is 3.58. The molecule has 0 aromatic carbocycles. The van der Waals surface area contributed by atoms with Gasteiger partial charge in [0, 0.05) is 11.8 Å². The zero-order valence-electron chi connectivity index (χ0n) is 8.45. The van der Waals surface area contributed by atoms with Crippen LogP contribution >= 0.6 is 0 Å². The van der Waals surface area contributed by atoms with Crippen molar-refractivity contribution in [3.05, 3.63) is 0 Å². The Bertz CT molecular complexity index is 207. The van der Waals surface area contributed by atoms with E-state index in [1.807, 2.05) is 0 Å². The zero-order chi connectivity index (χ0) is 9.60. The second-order valence-electron chi connectivity index (χ2n) is 4.87. The highest BCUT2D eigenvalue weighted by Gasteiger charge is 2.55. The summed E-state index contributed by atoms with van der Waals surface area (Å²) in [6.07, 6.45) is 5.22. The lowest BCUT2D eigenvalue weighted by atomic mass is 9.66. The summed E-state index contributed by atoms with van der Waals surface area (Å²) in [5.41, 5.74) is 0. The zero-order valence-corrected chi connectivity index (χ0v) is 8.45. The van der Waals surface area contributed by atoms with Crippen LogP contribution in [0.15, 0.2) is 0 Å². The average molecular weight is 198 g/mol. The summed E-state index contributed by atoms with van der Waals surface area (Å²) in [5.74, 6) is 0.581. The third kappa shape index (κ3) is 1.16. The molecule has 80 valence electrons. The van der Waals surface area contributed by atoms with Gasteiger partial charge in [-0.25, -0.2) is 0 Å². The van der Waals surface area contributed by atoms with Gasteiger partial charge in [0.25, 0.3) is 0 Å². The van der Waals surface area contributed by atoms with Gasteiger partial charge in [0.05, 0.1) is 19.3 Å². The van der Waals surface area contributed by atoms with E-state index in [0.717, 1.165) is 38.9 Å². The Morgan fingerprint density at radius 3 is 2.14 bits per heavy atom. The average Bonchev–Trinajstić information content (AvgIpc) is 2.58. The Balaban J connectivity index is 1.89. The second kappa shape index (κ2) is 3.19. The Hall–Kier alpha value is -0.120. The Morgan fingerprint density at radius 2 is 1.57 bits per heavy atom. The van der Waals surface area contributed by atoms with Crippen molar-refractivity contribution >= 4 is 0 Å². The van der Waals surface area contributed by atoms with Gasteiger partial charge in [-0.3, -0.25) is 0 Å². The molecule has 1 saturated heterocycles. The lowest BCUT2D eigenvalue weighted by Gasteiger charge is -2.50. The summed E-state index contributed by atoms with van der Waals surface area (Å²) >= 11 is 0. The largest absolute Gasteiger partial charge is 0.393 e. The van der Waals surface area contributed by atoms with Crippen LogP contribution in [0.3, 0.4) is 0 Å². The van der Waals surface area contributed by atoms with Crippen molar-refractivity contribution in [3.8, 4) is 0 Å². The molecule has 14 heavy (non-hydrogen) atoms. The van der Waals surface area contributed by atoms with Crippen LogP contribution in [-0.2, 0) is 9.47 Å². The highest BCUT2D eigenvalue weighted by atomic mass is 16.7. The van der Waals surface area contributed by atoms with Gasteiger partial charge in [-0.05, 0) is 25.7 Å². The Morgan fingerprint density at radius 1 is 1.00 bits per heavy atom. The van der Waals surface area contributed by atoms with Gasteiger partial charge >= 0.3 is 0 Å². The number of aliphatic hydroxyl groups excluding tert-OH is 1. The molecule has 1 heterocycles. The highest BCUT2D eigenvalue weighted by molar-refractivity contribution is 4.98. The lowest BCUT2D eigenvalue weighted by Crippen LogP contribution is -2.54. The molecule has 2 aliphatic carbocycles. The first-order chi connectivity index (χ1) is 6.81. The molecule has 1 aliphatic heterocycles. The van der Waals surface area contributed by atoms with Gasteiger partial charge in [-0.15, -0.1) is 0 Å². The quantitative estimate of drug-likeness (QED) is 0.637. The topological polar surface area (TPSA) is 38.7 Å². The molecule has 1 spiro atoms. The number of aliphatic hydroxyl groups is 1. The summed E-state index contributed by atoms with van der Waals surface area (Å²) < 4.78 is 11.7. The summed E-state index contributed by atoms with van der Waals surface area (Å²) in [7, 11) is 0. The molecule has 2 saturated carbocycles. The minimum atomic E-state index is -0.294. The third-order valence-corrected chi connectivity index (χ3v) is 4.10. The smallest absolute Gasteiger partial charge is 0.174 e. The monoisotopic (exact) mass is 198 g/mol. The molecular weight excluding hydrogens is 180 g/mol. The summed E-state index contributed by atoms with van der Waals surface area (Å²) in [4.78, 5) is 0. The fourth-order valence-electron chi connectivity index (χ4n) is 3.58. The lowest BCUT2D eigenvalue weighted by molar-refractivity contribution is -0.271. The van der Waals surface area contributed by atoms with E-state index in [4.69, 9.17) is 9.47 Å². The van der Waals surface area contributed by atoms with E-state index in [9.17, 15) is 5.11 Å². The maximum Gasteiger partial charge on any atom is 0.174 e. The molecule has 2 unspecified atom stereocenters. The second-order valence-corrected chi connectivity index (χ2v) is 4.87. The van der Waals surface area contributed by atoms with Gasteiger partial charge in [0.15, 0.2) is 5.79 Å². The van der Waals surface area contributed by atoms with Crippen molar-refractivity contribution in [2.24, 2.45) is 11.8 Å². The molecule has 0 aromatic rings. The van der Waals surface area contributed by atoms with Gasteiger partial charge in [-0.2, -0.15) is 0 Å². The third-order valence-electron chi connectivity index (χ3n) is 4.10. The standard InChI is InChI=1S/C11H18O3/c12-10-6-8-2-1-3-9(7-10)11(8)13-4-5-14-11/h8-10,12H,1-7H2. The molecule has 3 rings (SSSR count). The van der Waals surface area contributed by atoms with E-state index in [1.54, 1.807) is 0 Å². The van der Waals surface area contributed by atoms with E-state index in [1.165, 1.54) is 6.42 Å². The first-order valence-electron chi connectivity index (χ1n) is 5.77. The fraction of sp³-hybridized carbons (Fsp3) is 1.00. The summed E-state index contributed by atoms with van der Waals surface area (Å²) in [5, 5.41) is 9.75. The van der Waals surface area contributed by atoms with Crippen molar-refractivity contribution in [3.63, 3.8) is 0 Å². The molecule has 0 radical (unpaired) electrons. The molecule has 3 heteroatoms. The number of rotatable bonds is 0. The van der Waals surface area contributed by atoms with Crippen LogP contribution < -0.4 is 0 Å². The highest BCUT2D eigenvalue weighted by Crippen LogP contribution is 2.51. The van der Waals surface area contributed by atoms with E-state index in [0.29, 0.717) is 11.8 Å². The Kier molecular flexibility index (Phi) is 2.08. The van der Waals surface area contributed by atoms with Crippen molar-refractivity contribution in [2.45, 2.75) is 44.0 Å². The molecule has 2 atom stereocenters. The number of ether oxygens (including phenoxy) is 2. The van der Waals surface area contributed by atoms with E-state index in [2.05, 4.69) is 0 Å². The van der Waals surface area contributed by atoms with Gasteiger partial charge < -0.3 is 14.6 Å². The van der Waals surface area contributed by atoms with Crippen LogP contribution in [0.25, 0.3) is 0 Å². The van der Waals surface area contributed by atoms with Gasteiger partial charge in [0.2, 0.25) is 0 Å². The van der Waals surface area contributed by atoms with E-state index < -0.39 is 0 Å². The molecule has 0 amide bonds. The van der Waals surface area contributed by atoms with Crippen LogP contribution in [0.4, 0.5) is 0 Å². The summed E-state index contributed by atoms with van der Waals surface area (Å²) in [6, 6.07) is 0. The Labute approximate surface area is 84.4 Å². The summed E-state index contributed by atoms with van der Waals surface area (Å²) in [6.45, 7) is 1.48. The number of hydrogen-bond donors (Lipinski definition) is 1. The molecule has 2 bridgehead atoms. The molecule has 3 aliphatic rings. The SMILES string of the molecule is OC1CC2CCCC(C1)C21OCCO1. The maximum atomic E-state index is 9.75. The normalized spacial score (nSPS) is 45.6. The molecule has 0 aromatic heterocycles. The van der Waals surface area contributed by atoms with Crippen molar-refractivity contribution in [1.29, 1.82) is 0 Å². The first-order valence-corrected chi connectivity index (χ1v) is 5.77. The molecule has 3 fully saturated rings. The van der Waals surface area contributed by atoms with Crippen LogP contribution in [0.2, 0.25) is 0 Å². The van der Waals surface area contributed by atoms with E-state index in [-0.39, 0.29) is 11.9 Å². The first kappa shape index (κ1) is 9.13. The molecular formula is C11H18O3. The molecule has 3 nitrogen and oxygen atoms in total. The van der Waals surface area contributed by atoms with Gasteiger partial charge in [0.1, 0.15) is 0 Å². The van der Waals surface area contributed by atoms with Crippen molar-refractivity contribution in [2.75, 3.05) is 13.2 Å². The van der Waals surface area contributed by atoms with Crippen LogP contribution in [0.5, 0.6) is 0 Å². The maximum absolute atomic E-state index is 9.75. The van der Waals surface area contributed by atoms with Crippen LogP contribution in [0.1, 0.15) is 32.1 Å². The minimum absolute atomic E-state index is 0.122. The van der Waals surface area contributed by atoms with Gasteiger partial charge in [-0.1, -0.05) is 6.42 Å². The van der Waals surface area contributed by atoms with E-state index >= 15 is 0 Å². The van der Waals surface area contributed by atoms with Crippen LogP contribution in [0, 0.1) is 11.8 Å². The minimum Gasteiger partial charge on any atom is -0.393 e. The predicted molar refractivity (Wildman–Crippen MR) is 50.7 cm³/mol. The van der Waals surface area contributed by atoms with Crippen molar-refractivity contribution < 1.29 is 14.6 Å². The predicted octanol–water partition coefficient (Wildman–Crippen LogP) is 1.30. The molecule has 1 N–H and O–H groups in total.